The van der Waals surface area contributed by atoms with Crippen LogP contribution in [0.2, 0.25) is 0 Å². The first-order chi connectivity index (χ1) is 12.1. The van der Waals surface area contributed by atoms with Crippen LogP contribution in [0, 0.1) is 11.8 Å². The molecule has 1 aromatic rings. The van der Waals surface area contributed by atoms with E-state index in [0.717, 1.165) is 17.7 Å². The number of carbonyl (C=O) groups excluding carboxylic acids is 1. The van der Waals surface area contributed by atoms with Gasteiger partial charge < -0.3 is 9.80 Å². The van der Waals surface area contributed by atoms with Crippen LogP contribution in [0.15, 0.2) is 23.1 Å². The number of anilines is 1. The molecule has 0 saturated carbocycles. The molecule has 0 radical (unpaired) electrons. The fraction of sp³-hybridized carbons (Fsp3) is 0.632. The Bertz CT molecular complexity index is 796. The van der Waals surface area contributed by atoms with Gasteiger partial charge in [-0.2, -0.15) is 4.31 Å². The highest BCUT2D eigenvalue weighted by molar-refractivity contribution is 7.89. The molecule has 0 spiro atoms. The second kappa shape index (κ2) is 6.85. The number of amides is 1. The lowest BCUT2D eigenvalue weighted by Gasteiger charge is -2.34. The van der Waals surface area contributed by atoms with Gasteiger partial charge in [-0.1, -0.05) is 13.8 Å². The molecule has 0 aromatic heterocycles. The minimum absolute atomic E-state index is 0.0341. The highest BCUT2D eigenvalue weighted by Gasteiger charge is 2.36. The molecule has 3 atom stereocenters. The minimum atomic E-state index is -3.50. The second-order valence-electron chi connectivity index (χ2n) is 8.12. The topological polar surface area (TPSA) is 60.9 Å². The van der Waals surface area contributed by atoms with E-state index in [-0.39, 0.29) is 11.9 Å². The predicted molar refractivity (Wildman–Crippen MR) is 103 cm³/mol. The van der Waals surface area contributed by atoms with Gasteiger partial charge >= 0.3 is 0 Å². The van der Waals surface area contributed by atoms with Crippen LogP contribution in [0.25, 0.3) is 0 Å². The lowest BCUT2D eigenvalue weighted by Crippen LogP contribution is -2.42. The largest absolute Gasteiger partial charge is 0.362 e. The Morgan fingerprint density at radius 1 is 1.15 bits per heavy atom. The molecule has 26 heavy (non-hydrogen) atoms. The van der Waals surface area contributed by atoms with Gasteiger partial charge in [-0.15, -0.1) is 0 Å². The fourth-order valence-corrected chi connectivity index (χ4v) is 5.98. The van der Waals surface area contributed by atoms with Crippen LogP contribution < -0.4 is 4.90 Å². The molecule has 2 aliphatic heterocycles. The molecule has 3 unspecified atom stereocenters. The third-order valence-electron chi connectivity index (χ3n) is 5.51. The van der Waals surface area contributed by atoms with Gasteiger partial charge in [0.1, 0.15) is 6.04 Å². The van der Waals surface area contributed by atoms with Crippen LogP contribution in [0.3, 0.4) is 0 Å². The number of carbonyl (C=O) groups is 1. The molecule has 2 heterocycles. The van der Waals surface area contributed by atoms with E-state index >= 15 is 0 Å². The van der Waals surface area contributed by atoms with Crippen molar-refractivity contribution in [1.29, 1.82) is 0 Å². The summed E-state index contributed by atoms with van der Waals surface area (Å²) >= 11 is 0. The summed E-state index contributed by atoms with van der Waals surface area (Å²) in [5.74, 6) is 0.777. The number of hydrogen-bond donors (Lipinski definition) is 0. The van der Waals surface area contributed by atoms with Crippen LogP contribution in [0.1, 0.15) is 25.8 Å². The van der Waals surface area contributed by atoms with E-state index in [4.69, 9.17) is 0 Å². The highest BCUT2D eigenvalue weighted by Crippen LogP contribution is 2.35. The molecule has 2 aliphatic rings. The van der Waals surface area contributed by atoms with E-state index in [1.165, 1.54) is 0 Å². The van der Waals surface area contributed by atoms with Crippen LogP contribution in [0.4, 0.5) is 5.69 Å². The van der Waals surface area contributed by atoms with Crippen molar-refractivity contribution >= 4 is 21.6 Å². The first-order valence-electron chi connectivity index (χ1n) is 9.18. The standard InChI is InChI=1S/C19H29N3O3S/c1-13-8-14(2)12-22(11-13)26(24,25)16-6-7-17-15(9-16)10-18(21(17)5)19(23)20(3)4/h6-7,9,13-14,18H,8,10-12H2,1-5H3. The lowest BCUT2D eigenvalue weighted by molar-refractivity contribution is -0.129. The monoisotopic (exact) mass is 379 g/mol. The highest BCUT2D eigenvalue weighted by atomic mass is 32.2. The van der Waals surface area contributed by atoms with Crippen LogP contribution in [-0.2, 0) is 21.2 Å². The third-order valence-corrected chi connectivity index (χ3v) is 7.34. The number of benzene rings is 1. The van der Waals surface area contributed by atoms with Gasteiger partial charge in [0.15, 0.2) is 0 Å². The van der Waals surface area contributed by atoms with E-state index in [1.54, 1.807) is 35.4 Å². The average molecular weight is 380 g/mol. The van der Waals surface area contributed by atoms with Crippen molar-refractivity contribution < 1.29 is 13.2 Å². The molecule has 144 valence electrons. The number of likely N-dealkylation sites (N-methyl/N-ethyl adjacent to an activating group) is 2. The van der Waals surface area contributed by atoms with E-state index in [1.807, 2.05) is 18.0 Å². The lowest BCUT2D eigenvalue weighted by atomic mass is 9.94. The van der Waals surface area contributed by atoms with Gasteiger partial charge in [0.2, 0.25) is 15.9 Å². The molecule has 1 amide bonds. The van der Waals surface area contributed by atoms with Crippen LogP contribution in [0.5, 0.6) is 0 Å². The van der Waals surface area contributed by atoms with Crippen molar-refractivity contribution in [3.63, 3.8) is 0 Å². The zero-order chi connectivity index (χ0) is 19.2. The summed E-state index contributed by atoms with van der Waals surface area (Å²) in [6.45, 7) is 5.36. The summed E-state index contributed by atoms with van der Waals surface area (Å²) in [5, 5.41) is 0. The summed E-state index contributed by atoms with van der Waals surface area (Å²) in [6, 6.07) is 5.00. The zero-order valence-electron chi connectivity index (χ0n) is 16.3. The Labute approximate surface area is 156 Å². The molecule has 1 fully saturated rings. The number of piperidine rings is 1. The normalized spacial score (nSPS) is 26.7. The smallest absolute Gasteiger partial charge is 0.245 e. The molecular weight excluding hydrogens is 350 g/mol. The Hall–Kier alpha value is -1.60. The van der Waals surface area contributed by atoms with Crippen molar-refractivity contribution in [2.45, 2.75) is 37.6 Å². The number of hydrogen-bond acceptors (Lipinski definition) is 4. The number of sulfonamides is 1. The Kier molecular flexibility index (Phi) is 5.05. The quantitative estimate of drug-likeness (QED) is 0.804. The summed E-state index contributed by atoms with van der Waals surface area (Å²) in [5.41, 5.74) is 1.86. The van der Waals surface area contributed by atoms with E-state index < -0.39 is 10.0 Å². The van der Waals surface area contributed by atoms with Gasteiger partial charge in [0.05, 0.1) is 4.90 Å². The Balaban J connectivity index is 1.89. The number of nitrogens with zero attached hydrogens (tertiary/aromatic N) is 3. The third kappa shape index (κ3) is 3.34. The summed E-state index contributed by atoms with van der Waals surface area (Å²) in [7, 11) is 1.88. The molecule has 1 aromatic carbocycles. The van der Waals surface area contributed by atoms with Crippen molar-refractivity contribution in [3.05, 3.63) is 23.8 Å². The van der Waals surface area contributed by atoms with E-state index in [2.05, 4.69) is 13.8 Å². The van der Waals surface area contributed by atoms with E-state index in [9.17, 15) is 13.2 Å². The molecule has 0 bridgehead atoms. The van der Waals surface area contributed by atoms with Crippen molar-refractivity contribution in [3.8, 4) is 0 Å². The number of rotatable bonds is 3. The summed E-state index contributed by atoms with van der Waals surface area (Å²) in [4.78, 5) is 16.2. The van der Waals surface area contributed by atoms with Gasteiger partial charge in [-0.25, -0.2) is 8.42 Å². The first-order valence-corrected chi connectivity index (χ1v) is 10.6. The van der Waals surface area contributed by atoms with Crippen LogP contribution in [-0.4, -0.2) is 63.8 Å². The molecule has 1 saturated heterocycles. The number of fused-ring (bicyclic) bond motifs is 1. The van der Waals surface area contributed by atoms with Crippen molar-refractivity contribution in [2.24, 2.45) is 11.8 Å². The zero-order valence-corrected chi connectivity index (χ0v) is 17.1. The predicted octanol–water partition coefficient (Wildman–Crippen LogP) is 1.80. The van der Waals surface area contributed by atoms with Gasteiger partial charge in [-0.3, -0.25) is 4.79 Å². The average Bonchev–Trinajstić information content (AvgIpc) is 2.89. The van der Waals surface area contributed by atoms with Crippen molar-refractivity contribution in [1.82, 2.24) is 9.21 Å². The maximum atomic E-state index is 13.1. The molecule has 0 aliphatic carbocycles. The molecule has 3 rings (SSSR count). The Morgan fingerprint density at radius 2 is 1.77 bits per heavy atom. The van der Waals surface area contributed by atoms with Gasteiger partial charge in [0.25, 0.3) is 0 Å². The molecule has 6 nitrogen and oxygen atoms in total. The molecule has 0 N–H and O–H groups in total. The fourth-order valence-electron chi connectivity index (χ4n) is 4.25. The second-order valence-corrected chi connectivity index (χ2v) is 10.1. The Morgan fingerprint density at radius 3 is 2.35 bits per heavy atom. The first kappa shape index (κ1) is 19.2. The maximum Gasteiger partial charge on any atom is 0.245 e. The molecular formula is C19H29N3O3S. The summed E-state index contributed by atoms with van der Waals surface area (Å²) in [6.07, 6.45) is 1.61. The van der Waals surface area contributed by atoms with Gasteiger partial charge in [0, 0.05) is 46.3 Å². The van der Waals surface area contributed by atoms with E-state index in [0.29, 0.717) is 36.2 Å². The summed E-state index contributed by atoms with van der Waals surface area (Å²) < 4.78 is 27.9. The maximum absolute atomic E-state index is 13.1. The minimum Gasteiger partial charge on any atom is -0.362 e. The van der Waals surface area contributed by atoms with Crippen LogP contribution >= 0.6 is 0 Å². The SMILES string of the molecule is CC1CC(C)CN(S(=O)(=O)c2ccc3c(c2)CC(C(=O)N(C)C)N3C)C1. The molecule has 7 heteroatoms. The van der Waals surface area contributed by atoms with Gasteiger partial charge in [-0.05, 0) is 42.0 Å². The van der Waals surface area contributed by atoms with Crippen molar-refractivity contribution in [2.75, 3.05) is 39.1 Å².